The van der Waals surface area contributed by atoms with Gasteiger partial charge in [-0.3, -0.25) is 9.59 Å². The van der Waals surface area contributed by atoms with Gasteiger partial charge in [-0.15, -0.1) is 0 Å². The largest absolute Gasteiger partial charge is 0.495 e. The maximum atomic E-state index is 12.0. The van der Waals surface area contributed by atoms with Crippen molar-refractivity contribution in [3.8, 4) is 5.75 Å². The third-order valence-corrected chi connectivity index (χ3v) is 3.75. The zero-order valence-corrected chi connectivity index (χ0v) is 13.3. The summed E-state index contributed by atoms with van der Waals surface area (Å²) in [6.45, 7) is 1.42. The van der Waals surface area contributed by atoms with Crippen LogP contribution in [0.25, 0.3) is 0 Å². The first-order valence-electron chi connectivity index (χ1n) is 6.85. The van der Waals surface area contributed by atoms with E-state index in [1.165, 1.54) is 14.0 Å². The minimum Gasteiger partial charge on any atom is -0.495 e. The highest BCUT2D eigenvalue weighted by molar-refractivity contribution is 7.07. The van der Waals surface area contributed by atoms with Gasteiger partial charge in [-0.1, -0.05) is 0 Å². The van der Waals surface area contributed by atoms with Crippen molar-refractivity contribution in [3.63, 3.8) is 0 Å². The minimum absolute atomic E-state index is 0.0647. The molecule has 0 spiro atoms. The predicted octanol–water partition coefficient (Wildman–Crippen LogP) is 3.29. The monoisotopic (exact) mass is 318 g/mol. The fraction of sp³-hybridized carbons (Fsp3) is 0.250. The van der Waals surface area contributed by atoms with Gasteiger partial charge in [-0.25, -0.2) is 0 Å². The van der Waals surface area contributed by atoms with Crippen molar-refractivity contribution in [1.82, 2.24) is 0 Å². The van der Waals surface area contributed by atoms with E-state index in [0.29, 0.717) is 30.0 Å². The van der Waals surface area contributed by atoms with Gasteiger partial charge in [0.05, 0.1) is 12.8 Å². The van der Waals surface area contributed by atoms with Crippen molar-refractivity contribution < 1.29 is 14.3 Å². The number of methoxy groups -OCH3 is 1. The molecule has 0 fully saturated rings. The molecule has 0 aliphatic rings. The number of benzene rings is 1. The average molecular weight is 318 g/mol. The highest BCUT2D eigenvalue weighted by Crippen LogP contribution is 2.27. The number of aryl methyl sites for hydroxylation is 1. The molecule has 116 valence electrons. The molecule has 1 heterocycles. The molecule has 0 radical (unpaired) electrons. The van der Waals surface area contributed by atoms with Crippen LogP contribution in [0.1, 0.15) is 18.9 Å². The van der Waals surface area contributed by atoms with Crippen LogP contribution in [0, 0.1) is 0 Å². The summed E-state index contributed by atoms with van der Waals surface area (Å²) in [4.78, 5) is 23.2. The minimum atomic E-state index is -0.195. The molecule has 2 N–H and O–H groups in total. The quantitative estimate of drug-likeness (QED) is 0.859. The number of amides is 2. The highest BCUT2D eigenvalue weighted by atomic mass is 32.1. The lowest BCUT2D eigenvalue weighted by atomic mass is 10.2. The summed E-state index contributed by atoms with van der Waals surface area (Å²) in [6, 6.07) is 7.15. The van der Waals surface area contributed by atoms with Gasteiger partial charge >= 0.3 is 0 Å². The molecule has 0 atom stereocenters. The normalized spacial score (nSPS) is 10.1. The molecular weight excluding hydrogens is 300 g/mol. The van der Waals surface area contributed by atoms with Gasteiger partial charge in [0.1, 0.15) is 5.75 Å². The number of thiophene rings is 1. The number of carbonyl (C=O) groups excluding carboxylic acids is 2. The molecule has 0 unspecified atom stereocenters. The van der Waals surface area contributed by atoms with Crippen LogP contribution in [0.2, 0.25) is 0 Å². The van der Waals surface area contributed by atoms with Crippen LogP contribution < -0.4 is 15.4 Å². The standard InChI is InChI=1S/C16H18N2O3S/c1-11(19)17-14-9-13(4-5-15(14)21-2)18-16(20)6-3-12-7-8-22-10-12/h4-5,7-10H,3,6H2,1-2H3,(H,17,19)(H,18,20). The van der Waals surface area contributed by atoms with Crippen LogP contribution in [-0.4, -0.2) is 18.9 Å². The summed E-state index contributed by atoms with van der Waals surface area (Å²) in [5, 5.41) is 9.54. The lowest BCUT2D eigenvalue weighted by Gasteiger charge is -2.11. The Morgan fingerprint density at radius 3 is 2.68 bits per heavy atom. The van der Waals surface area contributed by atoms with E-state index >= 15 is 0 Å². The SMILES string of the molecule is COc1ccc(NC(=O)CCc2ccsc2)cc1NC(C)=O. The Balaban J connectivity index is 1.99. The second-order valence-electron chi connectivity index (χ2n) is 4.78. The van der Waals surface area contributed by atoms with Crippen molar-refractivity contribution in [2.45, 2.75) is 19.8 Å². The van der Waals surface area contributed by atoms with Gasteiger partial charge in [-0.05, 0) is 47.0 Å². The Labute approximate surface area is 133 Å². The number of carbonyl (C=O) groups is 2. The van der Waals surface area contributed by atoms with Crippen LogP contribution in [0.5, 0.6) is 5.75 Å². The molecule has 2 rings (SSSR count). The van der Waals surface area contributed by atoms with E-state index in [9.17, 15) is 9.59 Å². The summed E-state index contributed by atoms with van der Waals surface area (Å²) in [5.41, 5.74) is 2.32. The summed E-state index contributed by atoms with van der Waals surface area (Å²) >= 11 is 1.62. The Morgan fingerprint density at radius 2 is 2.05 bits per heavy atom. The second-order valence-corrected chi connectivity index (χ2v) is 5.56. The lowest BCUT2D eigenvalue weighted by Crippen LogP contribution is -2.13. The van der Waals surface area contributed by atoms with Gasteiger partial charge < -0.3 is 15.4 Å². The van der Waals surface area contributed by atoms with Crippen LogP contribution in [0.4, 0.5) is 11.4 Å². The van der Waals surface area contributed by atoms with E-state index in [4.69, 9.17) is 4.74 Å². The summed E-state index contributed by atoms with van der Waals surface area (Å²) in [6.07, 6.45) is 1.13. The predicted molar refractivity (Wildman–Crippen MR) is 88.6 cm³/mol. The molecule has 6 heteroatoms. The molecule has 1 aromatic carbocycles. The molecule has 2 aromatic rings. The molecular formula is C16H18N2O3S. The first-order chi connectivity index (χ1) is 10.6. The Bertz CT molecular complexity index is 653. The van der Waals surface area contributed by atoms with Crippen LogP contribution in [0.3, 0.4) is 0 Å². The zero-order chi connectivity index (χ0) is 15.9. The third kappa shape index (κ3) is 4.60. The van der Waals surface area contributed by atoms with Crippen LogP contribution in [-0.2, 0) is 16.0 Å². The lowest BCUT2D eigenvalue weighted by molar-refractivity contribution is -0.116. The van der Waals surface area contributed by atoms with Crippen molar-refractivity contribution >= 4 is 34.5 Å². The van der Waals surface area contributed by atoms with Crippen molar-refractivity contribution in [1.29, 1.82) is 0 Å². The smallest absolute Gasteiger partial charge is 0.224 e. The average Bonchev–Trinajstić information content (AvgIpc) is 2.98. The molecule has 22 heavy (non-hydrogen) atoms. The number of nitrogens with one attached hydrogen (secondary N) is 2. The molecule has 1 aromatic heterocycles. The van der Waals surface area contributed by atoms with Gasteiger partial charge in [0.25, 0.3) is 0 Å². The van der Waals surface area contributed by atoms with Crippen molar-refractivity contribution in [3.05, 3.63) is 40.6 Å². The van der Waals surface area contributed by atoms with E-state index in [2.05, 4.69) is 10.6 Å². The number of ether oxygens (including phenoxy) is 1. The Kier molecular flexibility index (Phi) is 5.55. The van der Waals surface area contributed by atoms with E-state index in [1.54, 1.807) is 29.5 Å². The number of hydrogen-bond acceptors (Lipinski definition) is 4. The number of anilines is 2. The van der Waals surface area contributed by atoms with Crippen molar-refractivity contribution in [2.75, 3.05) is 17.7 Å². The van der Waals surface area contributed by atoms with Gasteiger partial charge in [0.2, 0.25) is 11.8 Å². The molecule has 0 saturated heterocycles. The maximum absolute atomic E-state index is 12.0. The first-order valence-corrected chi connectivity index (χ1v) is 7.79. The van der Waals surface area contributed by atoms with Gasteiger partial charge in [0.15, 0.2) is 0 Å². The fourth-order valence-electron chi connectivity index (χ4n) is 1.99. The van der Waals surface area contributed by atoms with Crippen LogP contribution >= 0.6 is 11.3 Å². The molecule has 0 aliphatic carbocycles. The highest BCUT2D eigenvalue weighted by Gasteiger charge is 2.08. The summed E-state index contributed by atoms with van der Waals surface area (Å²) in [5.74, 6) is 0.288. The Morgan fingerprint density at radius 1 is 1.23 bits per heavy atom. The molecule has 5 nitrogen and oxygen atoms in total. The first kappa shape index (κ1) is 16.0. The van der Waals surface area contributed by atoms with Crippen LogP contribution in [0.15, 0.2) is 35.0 Å². The van der Waals surface area contributed by atoms with E-state index in [-0.39, 0.29) is 11.8 Å². The third-order valence-electron chi connectivity index (χ3n) is 3.01. The fourth-order valence-corrected chi connectivity index (χ4v) is 2.69. The van der Waals surface area contributed by atoms with E-state index in [1.807, 2.05) is 16.8 Å². The Hall–Kier alpha value is -2.34. The summed E-state index contributed by atoms with van der Waals surface area (Å²) in [7, 11) is 1.53. The molecule has 0 saturated carbocycles. The van der Waals surface area contributed by atoms with E-state index in [0.717, 1.165) is 5.56 Å². The van der Waals surface area contributed by atoms with Gasteiger partial charge in [0, 0.05) is 19.0 Å². The second kappa shape index (κ2) is 7.61. The number of rotatable bonds is 6. The number of hydrogen-bond donors (Lipinski definition) is 2. The van der Waals surface area contributed by atoms with Crippen molar-refractivity contribution in [2.24, 2.45) is 0 Å². The zero-order valence-electron chi connectivity index (χ0n) is 12.5. The van der Waals surface area contributed by atoms with E-state index < -0.39 is 0 Å². The van der Waals surface area contributed by atoms with Gasteiger partial charge in [-0.2, -0.15) is 11.3 Å². The molecule has 2 amide bonds. The maximum Gasteiger partial charge on any atom is 0.224 e. The topological polar surface area (TPSA) is 67.4 Å². The molecule has 0 bridgehead atoms. The summed E-state index contributed by atoms with van der Waals surface area (Å²) < 4.78 is 5.18. The molecule has 0 aliphatic heterocycles.